The van der Waals surface area contributed by atoms with Gasteiger partial charge in [-0.25, -0.2) is 4.98 Å². The van der Waals surface area contributed by atoms with Crippen LogP contribution >= 0.6 is 11.6 Å². The Hall–Kier alpha value is -1.62. The van der Waals surface area contributed by atoms with E-state index < -0.39 is 11.9 Å². The fraction of sp³-hybridized carbons (Fsp3) is 0.533. The Balaban J connectivity index is 2.17. The summed E-state index contributed by atoms with van der Waals surface area (Å²) >= 11 is 5.97. The van der Waals surface area contributed by atoms with Crippen LogP contribution < -0.4 is 0 Å². The highest BCUT2D eigenvalue weighted by Crippen LogP contribution is 2.20. The van der Waals surface area contributed by atoms with Gasteiger partial charge in [0, 0.05) is 24.3 Å². The number of piperidine rings is 1. The Morgan fingerprint density at radius 2 is 2.24 bits per heavy atom. The van der Waals surface area contributed by atoms with Crippen LogP contribution in [0.3, 0.4) is 0 Å². The molecule has 1 aromatic rings. The smallest absolute Gasteiger partial charge is 0.308 e. The number of hydrogen-bond acceptors (Lipinski definition) is 3. The summed E-state index contributed by atoms with van der Waals surface area (Å²) in [7, 11) is 0. The van der Waals surface area contributed by atoms with E-state index in [4.69, 9.17) is 16.7 Å². The SMILES string of the molecule is CCCc1cc(C(=O)N2CCC[C@@H](C(=O)O)C2)cc(Cl)n1. The van der Waals surface area contributed by atoms with E-state index in [1.165, 1.54) is 0 Å². The third kappa shape index (κ3) is 3.94. The number of aromatic nitrogens is 1. The summed E-state index contributed by atoms with van der Waals surface area (Å²) in [6, 6.07) is 3.30. The van der Waals surface area contributed by atoms with Gasteiger partial charge >= 0.3 is 5.97 Å². The number of nitrogens with zero attached hydrogens (tertiary/aromatic N) is 2. The van der Waals surface area contributed by atoms with Crippen molar-refractivity contribution >= 4 is 23.5 Å². The Morgan fingerprint density at radius 1 is 1.48 bits per heavy atom. The van der Waals surface area contributed by atoms with Crippen LogP contribution in [0.2, 0.25) is 5.15 Å². The number of hydrogen-bond donors (Lipinski definition) is 1. The van der Waals surface area contributed by atoms with Crippen LogP contribution in [0.5, 0.6) is 0 Å². The largest absolute Gasteiger partial charge is 0.481 e. The van der Waals surface area contributed by atoms with Gasteiger partial charge in [-0.3, -0.25) is 9.59 Å². The number of carboxylic acid groups (broad SMARTS) is 1. The van der Waals surface area contributed by atoms with Crippen molar-refractivity contribution in [2.24, 2.45) is 5.92 Å². The molecule has 5 nitrogen and oxygen atoms in total. The molecule has 0 unspecified atom stereocenters. The molecule has 1 amide bonds. The normalized spacial score (nSPS) is 18.6. The lowest BCUT2D eigenvalue weighted by molar-refractivity contribution is -0.143. The predicted octanol–water partition coefficient (Wildman–Crippen LogP) is 2.62. The zero-order valence-corrected chi connectivity index (χ0v) is 12.8. The second-order valence-electron chi connectivity index (χ2n) is 5.35. The summed E-state index contributed by atoms with van der Waals surface area (Å²) in [4.78, 5) is 29.4. The van der Waals surface area contributed by atoms with Gasteiger partial charge in [-0.1, -0.05) is 24.9 Å². The number of carboxylic acids is 1. The average molecular weight is 311 g/mol. The molecule has 114 valence electrons. The second-order valence-corrected chi connectivity index (χ2v) is 5.74. The van der Waals surface area contributed by atoms with Gasteiger partial charge in [-0.05, 0) is 31.4 Å². The molecule has 0 saturated carbocycles. The summed E-state index contributed by atoms with van der Waals surface area (Å²) in [5.41, 5.74) is 1.28. The number of rotatable bonds is 4. The summed E-state index contributed by atoms with van der Waals surface area (Å²) in [6.45, 7) is 2.88. The Bertz CT molecular complexity index is 548. The van der Waals surface area contributed by atoms with Gasteiger partial charge in [-0.15, -0.1) is 0 Å². The van der Waals surface area contributed by atoms with E-state index >= 15 is 0 Å². The predicted molar refractivity (Wildman–Crippen MR) is 79.5 cm³/mol. The highest BCUT2D eigenvalue weighted by molar-refractivity contribution is 6.29. The van der Waals surface area contributed by atoms with Crippen molar-refractivity contribution in [2.45, 2.75) is 32.6 Å². The fourth-order valence-corrected chi connectivity index (χ4v) is 2.83. The van der Waals surface area contributed by atoms with E-state index in [1.807, 2.05) is 6.92 Å². The molecule has 0 radical (unpaired) electrons. The van der Waals surface area contributed by atoms with Crippen LogP contribution in [-0.2, 0) is 11.2 Å². The van der Waals surface area contributed by atoms with E-state index in [0.717, 1.165) is 18.5 Å². The molecule has 0 bridgehead atoms. The lowest BCUT2D eigenvalue weighted by Gasteiger charge is -2.30. The third-order valence-corrected chi connectivity index (χ3v) is 3.85. The molecule has 1 atom stereocenters. The summed E-state index contributed by atoms with van der Waals surface area (Å²) < 4.78 is 0. The molecule has 1 saturated heterocycles. The van der Waals surface area contributed by atoms with Crippen LogP contribution in [0.4, 0.5) is 0 Å². The van der Waals surface area contributed by atoms with E-state index in [-0.39, 0.29) is 12.5 Å². The first-order chi connectivity index (χ1) is 10.0. The van der Waals surface area contributed by atoms with Gasteiger partial charge in [0.05, 0.1) is 5.92 Å². The molecule has 1 N–H and O–H groups in total. The minimum atomic E-state index is -0.841. The Labute approximate surface area is 128 Å². The maximum absolute atomic E-state index is 12.5. The fourth-order valence-electron chi connectivity index (χ4n) is 2.60. The van der Waals surface area contributed by atoms with Gasteiger partial charge in [0.15, 0.2) is 0 Å². The first-order valence-corrected chi connectivity index (χ1v) is 7.57. The molecule has 6 heteroatoms. The summed E-state index contributed by atoms with van der Waals surface area (Å²) in [5, 5.41) is 9.40. The second kappa shape index (κ2) is 6.89. The molecule has 1 aromatic heterocycles. The van der Waals surface area contributed by atoms with Gasteiger partial charge in [0.25, 0.3) is 5.91 Å². The van der Waals surface area contributed by atoms with Crippen molar-refractivity contribution in [3.05, 3.63) is 28.5 Å². The van der Waals surface area contributed by atoms with Crippen LogP contribution in [0, 0.1) is 5.92 Å². The highest BCUT2D eigenvalue weighted by Gasteiger charge is 2.28. The van der Waals surface area contributed by atoms with Crippen LogP contribution in [0.1, 0.15) is 42.2 Å². The number of aryl methyl sites for hydroxylation is 1. The van der Waals surface area contributed by atoms with E-state index in [1.54, 1.807) is 17.0 Å². The highest BCUT2D eigenvalue weighted by atomic mass is 35.5. The zero-order valence-electron chi connectivity index (χ0n) is 12.0. The number of carbonyl (C=O) groups excluding carboxylic acids is 1. The number of halogens is 1. The van der Waals surface area contributed by atoms with E-state index in [2.05, 4.69) is 4.98 Å². The number of amides is 1. The molecule has 0 aromatic carbocycles. The molecule has 2 heterocycles. The van der Waals surface area contributed by atoms with Crippen LogP contribution in [0.15, 0.2) is 12.1 Å². The maximum Gasteiger partial charge on any atom is 0.308 e. The number of aliphatic carboxylic acids is 1. The molecule has 0 aliphatic carbocycles. The minimum Gasteiger partial charge on any atom is -0.481 e. The lowest BCUT2D eigenvalue weighted by atomic mass is 9.97. The number of carbonyl (C=O) groups is 2. The van der Waals surface area contributed by atoms with Gasteiger partial charge in [0.2, 0.25) is 0 Å². The number of pyridine rings is 1. The quantitative estimate of drug-likeness (QED) is 0.868. The van der Waals surface area contributed by atoms with Crippen molar-refractivity contribution in [3.63, 3.8) is 0 Å². The van der Waals surface area contributed by atoms with Crippen LogP contribution in [-0.4, -0.2) is 40.0 Å². The molecule has 0 spiro atoms. The van der Waals surface area contributed by atoms with Crippen molar-refractivity contribution < 1.29 is 14.7 Å². The summed E-state index contributed by atoms with van der Waals surface area (Å²) in [5.74, 6) is -1.48. The van der Waals surface area contributed by atoms with Crippen molar-refractivity contribution in [2.75, 3.05) is 13.1 Å². The molecule has 1 fully saturated rings. The molecular weight excluding hydrogens is 292 g/mol. The van der Waals surface area contributed by atoms with Gasteiger partial charge in [-0.2, -0.15) is 0 Å². The van der Waals surface area contributed by atoms with Gasteiger partial charge in [0.1, 0.15) is 5.15 Å². The minimum absolute atomic E-state index is 0.164. The van der Waals surface area contributed by atoms with Crippen LogP contribution in [0.25, 0.3) is 0 Å². The van der Waals surface area contributed by atoms with Crippen molar-refractivity contribution in [3.8, 4) is 0 Å². The zero-order chi connectivity index (χ0) is 15.4. The topological polar surface area (TPSA) is 70.5 Å². The van der Waals surface area contributed by atoms with E-state index in [9.17, 15) is 9.59 Å². The molecule has 1 aliphatic rings. The first kappa shape index (κ1) is 15.8. The maximum atomic E-state index is 12.5. The summed E-state index contributed by atoms with van der Waals surface area (Å²) in [6.07, 6.45) is 3.02. The third-order valence-electron chi connectivity index (χ3n) is 3.66. The van der Waals surface area contributed by atoms with E-state index in [0.29, 0.717) is 30.1 Å². The van der Waals surface area contributed by atoms with Crippen molar-refractivity contribution in [1.29, 1.82) is 0 Å². The molecule has 2 rings (SSSR count). The van der Waals surface area contributed by atoms with Crippen molar-refractivity contribution in [1.82, 2.24) is 9.88 Å². The Kier molecular flexibility index (Phi) is 5.17. The molecule has 1 aliphatic heterocycles. The molecule has 21 heavy (non-hydrogen) atoms. The standard InChI is InChI=1S/C15H19ClN2O3/c1-2-4-12-7-11(8-13(16)17-12)14(19)18-6-3-5-10(9-18)15(20)21/h7-8,10H,2-6,9H2,1H3,(H,20,21)/t10-/m1/s1. The monoisotopic (exact) mass is 310 g/mol. The Morgan fingerprint density at radius 3 is 2.90 bits per heavy atom. The lowest BCUT2D eigenvalue weighted by Crippen LogP contribution is -2.42. The first-order valence-electron chi connectivity index (χ1n) is 7.19. The van der Waals surface area contributed by atoms with Gasteiger partial charge < -0.3 is 10.0 Å². The molecular formula is C15H19ClN2O3. The number of likely N-dealkylation sites (tertiary alicyclic amines) is 1. The average Bonchev–Trinajstić information content (AvgIpc) is 2.46.